The number of aliphatic hydroxyl groups excluding tert-OH is 1. The highest BCUT2D eigenvalue weighted by molar-refractivity contribution is 5.90. The molecule has 1 saturated carbocycles. The van der Waals surface area contributed by atoms with Gasteiger partial charge >= 0.3 is 6.09 Å². The predicted molar refractivity (Wildman–Crippen MR) is 98.1 cm³/mol. The largest absolute Gasteiger partial charge is 0.443 e. The fourth-order valence-corrected chi connectivity index (χ4v) is 3.48. The number of aromatic nitrogens is 2. The van der Waals surface area contributed by atoms with E-state index in [1.54, 1.807) is 4.57 Å². The van der Waals surface area contributed by atoms with E-state index in [1.165, 1.54) is 0 Å². The Morgan fingerprint density at radius 1 is 1.32 bits per heavy atom. The molecule has 1 aliphatic carbocycles. The Morgan fingerprint density at radius 2 is 2.04 bits per heavy atom. The first kappa shape index (κ1) is 17.9. The summed E-state index contributed by atoms with van der Waals surface area (Å²) >= 11 is 0. The first-order valence-electron chi connectivity index (χ1n) is 9.09. The minimum atomic E-state index is -0.543. The normalized spacial score (nSPS) is 21.2. The Morgan fingerprint density at radius 3 is 2.60 bits per heavy atom. The van der Waals surface area contributed by atoms with Gasteiger partial charge < -0.3 is 9.84 Å². The van der Waals surface area contributed by atoms with Gasteiger partial charge in [0.2, 0.25) is 0 Å². The van der Waals surface area contributed by atoms with Crippen molar-refractivity contribution in [3.63, 3.8) is 0 Å². The van der Waals surface area contributed by atoms with E-state index < -0.39 is 5.60 Å². The Bertz CT molecular complexity index is 786. The van der Waals surface area contributed by atoms with Gasteiger partial charge in [-0.2, -0.15) is 0 Å². The molecule has 2 unspecified atom stereocenters. The second-order valence-electron chi connectivity index (χ2n) is 8.36. The van der Waals surface area contributed by atoms with E-state index >= 15 is 0 Å². The van der Waals surface area contributed by atoms with Crippen LogP contribution < -0.4 is 0 Å². The number of pyridine rings is 1. The second-order valence-corrected chi connectivity index (χ2v) is 8.36. The van der Waals surface area contributed by atoms with E-state index in [9.17, 15) is 9.90 Å². The third-order valence-electron chi connectivity index (χ3n) is 4.73. The lowest BCUT2D eigenvalue weighted by atomic mass is 10.0. The van der Waals surface area contributed by atoms with E-state index in [0.29, 0.717) is 5.92 Å². The summed E-state index contributed by atoms with van der Waals surface area (Å²) in [6, 6.07) is 3.94. The fraction of sp³-hybridized carbons (Fsp3) is 0.600. The highest BCUT2D eigenvalue weighted by Gasteiger charge is 2.27. The zero-order valence-corrected chi connectivity index (χ0v) is 15.7. The van der Waals surface area contributed by atoms with Gasteiger partial charge in [-0.1, -0.05) is 13.8 Å². The molecule has 136 valence electrons. The van der Waals surface area contributed by atoms with Crippen molar-refractivity contribution in [1.29, 1.82) is 0 Å². The second kappa shape index (κ2) is 6.45. The molecule has 0 amide bonds. The number of ether oxygens (including phenoxy) is 1. The lowest BCUT2D eigenvalue weighted by Gasteiger charge is -2.19. The lowest BCUT2D eigenvalue weighted by Crippen LogP contribution is -2.26. The molecule has 2 heterocycles. The number of hydrogen-bond acceptors (Lipinski definition) is 4. The monoisotopic (exact) mass is 344 g/mol. The van der Waals surface area contributed by atoms with Gasteiger partial charge in [-0.25, -0.2) is 4.79 Å². The molecular formula is C20H28N2O3. The van der Waals surface area contributed by atoms with Crippen LogP contribution in [0.4, 0.5) is 4.79 Å². The highest BCUT2D eigenvalue weighted by Crippen LogP contribution is 2.35. The molecule has 1 aliphatic rings. The van der Waals surface area contributed by atoms with Crippen molar-refractivity contribution in [1.82, 2.24) is 9.55 Å². The van der Waals surface area contributed by atoms with Crippen molar-refractivity contribution in [3.05, 3.63) is 29.6 Å². The number of rotatable bonds is 2. The number of hydrogen-bond donors (Lipinski definition) is 1. The third kappa shape index (κ3) is 3.71. The fourth-order valence-electron chi connectivity index (χ4n) is 3.48. The SMILES string of the molecule is CC(C)c1cn(C(=O)OC(C)(C)C)c2ccc(C3CCC(O)C3)nc12. The third-order valence-corrected chi connectivity index (χ3v) is 4.73. The molecule has 0 spiro atoms. The quantitative estimate of drug-likeness (QED) is 0.866. The Kier molecular flexibility index (Phi) is 4.62. The topological polar surface area (TPSA) is 64.3 Å². The molecule has 2 atom stereocenters. The average Bonchev–Trinajstić information content (AvgIpc) is 3.08. The van der Waals surface area contributed by atoms with Crippen LogP contribution in [0, 0.1) is 0 Å². The van der Waals surface area contributed by atoms with Crippen LogP contribution in [0.5, 0.6) is 0 Å². The van der Waals surface area contributed by atoms with Gasteiger partial charge in [0, 0.05) is 17.8 Å². The summed E-state index contributed by atoms with van der Waals surface area (Å²) in [5.41, 5.74) is 3.15. The van der Waals surface area contributed by atoms with E-state index in [0.717, 1.165) is 41.6 Å². The van der Waals surface area contributed by atoms with Gasteiger partial charge in [-0.3, -0.25) is 9.55 Å². The molecule has 2 aromatic heterocycles. The molecular weight excluding hydrogens is 316 g/mol. The first-order valence-corrected chi connectivity index (χ1v) is 9.09. The summed E-state index contributed by atoms with van der Waals surface area (Å²) < 4.78 is 7.10. The zero-order valence-electron chi connectivity index (χ0n) is 15.7. The zero-order chi connectivity index (χ0) is 18.4. The van der Waals surface area contributed by atoms with Gasteiger partial charge in [0.15, 0.2) is 0 Å². The van der Waals surface area contributed by atoms with E-state index in [-0.39, 0.29) is 18.1 Å². The van der Waals surface area contributed by atoms with Crippen molar-refractivity contribution in [2.45, 2.75) is 77.4 Å². The van der Waals surface area contributed by atoms with Crippen molar-refractivity contribution in [2.75, 3.05) is 0 Å². The summed E-state index contributed by atoms with van der Waals surface area (Å²) in [5.74, 6) is 0.549. The minimum absolute atomic E-state index is 0.224. The van der Waals surface area contributed by atoms with Crippen LogP contribution in [-0.4, -0.2) is 32.5 Å². The van der Waals surface area contributed by atoms with Gasteiger partial charge in [0.05, 0.1) is 17.1 Å². The smallest absolute Gasteiger partial charge is 0.419 e. The highest BCUT2D eigenvalue weighted by atomic mass is 16.6. The maximum atomic E-state index is 12.6. The maximum Gasteiger partial charge on any atom is 0.419 e. The van der Waals surface area contributed by atoms with Gasteiger partial charge in [-0.05, 0) is 63.6 Å². The molecule has 1 N–H and O–H groups in total. The van der Waals surface area contributed by atoms with Crippen LogP contribution in [0.3, 0.4) is 0 Å². The molecule has 25 heavy (non-hydrogen) atoms. The van der Waals surface area contributed by atoms with Crippen LogP contribution >= 0.6 is 0 Å². The summed E-state index contributed by atoms with van der Waals surface area (Å²) in [6.45, 7) is 9.79. The molecule has 5 nitrogen and oxygen atoms in total. The lowest BCUT2D eigenvalue weighted by molar-refractivity contribution is 0.0544. The molecule has 3 rings (SSSR count). The molecule has 0 aromatic carbocycles. The molecule has 5 heteroatoms. The molecule has 0 aliphatic heterocycles. The summed E-state index contributed by atoms with van der Waals surface area (Å²) in [4.78, 5) is 17.4. The number of nitrogens with zero attached hydrogens (tertiary/aromatic N) is 2. The van der Waals surface area contributed by atoms with Gasteiger partial charge in [0.25, 0.3) is 0 Å². The Hall–Kier alpha value is -1.88. The van der Waals surface area contributed by atoms with Crippen LogP contribution in [0.25, 0.3) is 11.0 Å². The number of fused-ring (bicyclic) bond motifs is 1. The summed E-state index contributed by atoms with van der Waals surface area (Å²) in [5, 5.41) is 9.81. The molecule has 0 saturated heterocycles. The number of carbonyl (C=O) groups excluding carboxylic acids is 1. The number of aliphatic hydroxyl groups is 1. The molecule has 1 fully saturated rings. The molecule has 0 bridgehead atoms. The van der Waals surface area contributed by atoms with Crippen LogP contribution in [-0.2, 0) is 4.74 Å². The molecule has 2 aromatic rings. The van der Waals surface area contributed by atoms with E-state index in [2.05, 4.69) is 13.8 Å². The van der Waals surface area contributed by atoms with Gasteiger partial charge in [-0.15, -0.1) is 0 Å². The predicted octanol–water partition coefficient (Wildman–Crippen LogP) is 4.57. The van der Waals surface area contributed by atoms with Crippen LogP contribution in [0.15, 0.2) is 18.3 Å². The van der Waals surface area contributed by atoms with E-state index in [1.807, 2.05) is 39.1 Å². The summed E-state index contributed by atoms with van der Waals surface area (Å²) in [6.07, 6.45) is 3.81. The van der Waals surface area contributed by atoms with Crippen molar-refractivity contribution in [2.24, 2.45) is 0 Å². The maximum absolute atomic E-state index is 12.6. The minimum Gasteiger partial charge on any atom is -0.443 e. The number of carbonyl (C=O) groups is 1. The first-order chi connectivity index (χ1) is 11.7. The van der Waals surface area contributed by atoms with Crippen LogP contribution in [0.1, 0.15) is 77.0 Å². The van der Waals surface area contributed by atoms with Crippen molar-refractivity contribution in [3.8, 4) is 0 Å². The Labute approximate surface area is 149 Å². The Balaban J connectivity index is 2.04. The van der Waals surface area contributed by atoms with Crippen molar-refractivity contribution < 1.29 is 14.6 Å². The average molecular weight is 344 g/mol. The van der Waals surface area contributed by atoms with E-state index in [4.69, 9.17) is 9.72 Å². The summed E-state index contributed by atoms with van der Waals surface area (Å²) in [7, 11) is 0. The standard InChI is InChI=1S/C20H28N2O3/c1-12(2)15-11-22(19(24)25-20(3,4)5)17-9-8-16(21-18(15)17)13-6-7-14(23)10-13/h8-9,11-14,23H,6-7,10H2,1-5H3. The van der Waals surface area contributed by atoms with Crippen LogP contribution in [0.2, 0.25) is 0 Å². The van der Waals surface area contributed by atoms with Crippen molar-refractivity contribution >= 4 is 17.1 Å². The van der Waals surface area contributed by atoms with Gasteiger partial charge in [0.1, 0.15) is 5.60 Å². The molecule has 0 radical (unpaired) electrons.